The highest BCUT2D eigenvalue weighted by Crippen LogP contribution is 2.30. The minimum atomic E-state index is -0.584. The highest BCUT2D eigenvalue weighted by molar-refractivity contribution is 7.97. The number of aromatic nitrogens is 2. The monoisotopic (exact) mass is 240 g/mol. The van der Waals surface area contributed by atoms with Gasteiger partial charge < -0.3 is 9.63 Å². The topological polar surface area (TPSA) is 59.2 Å². The summed E-state index contributed by atoms with van der Waals surface area (Å²) in [5, 5.41) is 13.2. The molecule has 0 bridgehead atoms. The van der Waals surface area contributed by atoms with Crippen molar-refractivity contribution in [3.8, 4) is 17.2 Å². The maximum absolute atomic E-state index is 13.4. The van der Waals surface area contributed by atoms with E-state index in [-0.39, 0.29) is 17.2 Å². The Balaban J connectivity index is 2.42. The van der Waals surface area contributed by atoms with Gasteiger partial charge in [-0.25, -0.2) is 4.39 Å². The van der Waals surface area contributed by atoms with Gasteiger partial charge in [0.2, 0.25) is 0 Å². The number of hydrogen-bond donors (Lipinski definition) is 1. The molecular formula is C10H9FN2O2S. The van der Waals surface area contributed by atoms with Gasteiger partial charge in [0, 0.05) is 0 Å². The molecule has 0 fully saturated rings. The molecule has 2 rings (SSSR count). The number of rotatable bonds is 3. The van der Waals surface area contributed by atoms with Crippen LogP contribution in [-0.4, -0.2) is 21.5 Å². The van der Waals surface area contributed by atoms with E-state index in [1.807, 2.05) is 6.26 Å². The Morgan fingerprint density at radius 2 is 2.31 bits per heavy atom. The minimum Gasteiger partial charge on any atom is -0.507 e. The van der Waals surface area contributed by atoms with Crippen LogP contribution in [0.4, 0.5) is 4.39 Å². The molecule has 1 aromatic carbocycles. The molecule has 0 saturated heterocycles. The summed E-state index contributed by atoms with van der Waals surface area (Å²) in [5.74, 6) is 0.266. The number of thioether (sulfide) groups is 1. The van der Waals surface area contributed by atoms with Gasteiger partial charge in [-0.3, -0.25) is 0 Å². The number of phenols is 1. The molecule has 0 amide bonds. The van der Waals surface area contributed by atoms with Gasteiger partial charge in [0.15, 0.2) is 5.82 Å². The van der Waals surface area contributed by atoms with E-state index in [1.165, 1.54) is 30.0 Å². The van der Waals surface area contributed by atoms with Crippen molar-refractivity contribution < 1.29 is 14.0 Å². The Hall–Kier alpha value is -1.56. The van der Waals surface area contributed by atoms with Crippen molar-refractivity contribution in [1.82, 2.24) is 10.1 Å². The number of halogens is 1. The van der Waals surface area contributed by atoms with Crippen LogP contribution in [0.3, 0.4) is 0 Å². The van der Waals surface area contributed by atoms with Crippen LogP contribution in [0.5, 0.6) is 5.75 Å². The fourth-order valence-electron chi connectivity index (χ4n) is 1.27. The highest BCUT2D eigenvalue weighted by Gasteiger charge is 2.16. The quantitative estimate of drug-likeness (QED) is 0.892. The third-order valence-corrected chi connectivity index (χ3v) is 2.49. The van der Waals surface area contributed by atoms with Gasteiger partial charge in [-0.15, -0.1) is 0 Å². The molecule has 0 saturated carbocycles. The van der Waals surface area contributed by atoms with Gasteiger partial charge in [0.25, 0.3) is 5.89 Å². The van der Waals surface area contributed by atoms with E-state index in [1.54, 1.807) is 0 Å². The van der Waals surface area contributed by atoms with Gasteiger partial charge in [0.1, 0.15) is 17.1 Å². The van der Waals surface area contributed by atoms with Gasteiger partial charge in [-0.1, -0.05) is 11.2 Å². The van der Waals surface area contributed by atoms with Crippen molar-refractivity contribution in [2.45, 2.75) is 5.75 Å². The van der Waals surface area contributed by atoms with Crippen molar-refractivity contribution in [3.63, 3.8) is 0 Å². The van der Waals surface area contributed by atoms with Crippen LogP contribution < -0.4 is 0 Å². The summed E-state index contributed by atoms with van der Waals surface area (Å²) in [4.78, 5) is 3.99. The molecule has 0 aliphatic rings. The summed E-state index contributed by atoms with van der Waals surface area (Å²) in [6.45, 7) is 0. The summed E-state index contributed by atoms with van der Waals surface area (Å²) < 4.78 is 18.3. The average molecular weight is 240 g/mol. The van der Waals surface area contributed by atoms with E-state index in [4.69, 9.17) is 4.52 Å². The van der Waals surface area contributed by atoms with E-state index in [9.17, 15) is 9.50 Å². The van der Waals surface area contributed by atoms with Crippen LogP contribution in [0.1, 0.15) is 5.82 Å². The molecule has 1 aromatic heterocycles. The lowest BCUT2D eigenvalue weighted by Gasteiger charge is -1.99. The molecule has 2 aromatic rings. The third-order valence-electron chi connectivity index (χ3n) is 1.95. The van der Waals surface area contributed by atoms with Crippen LogP contribution in [0.15, 0.2) is 22.7 Å². The SMILES string of the molecule is CSCc1noc(-c2c(O)cccc2F)n1. The first kappa shape index (κ1) is 10.9. The molecule has 4 nitrogen and oxygen atoms in total. The molecule has 0 atom stereocenters. The Morgan fingerprint density at radius 3 is 3.00 bits per heavy atom. The van der Waals surface area contributed by atoms with Crippen LogP contribution in [-0.2, 0) is 5.75 Å². The van der Waals surface area contributed by atoms with Crippen molar-refractivity contribution in [1.29, 1.82) is 0 Å². The molecular weight excluding hydrogens is 231 g/mol. The molecule has 0 unspecified atom stereocenters. The molecule has 0 aliphatic carbocycles. The Morgan fingerprint density at radius 1 is 1.50 bits per heavy atom. The second kappa shape index (κ2) is 4.52. The normalized spacial score (nSPS) is 10.6. The third kappa shape index (κ3) is 2.01. The molecule has 1 heterocycles. The van der Waals surface area contributed by atoms with Crippen molar-refractivity contribution in [2.75, 3.05) is 6.26 Å². The van der Waals surface area contributed by atoms with Crippen LogP contribution in [0.2, 0.25) is 0 Å². The van der Waals surface area contributed by atoms with Crippen molar-refractivity contribution >= 4 is 11.8 Å². The Kier molecular flexibility index (Phi) is 3.09. The zero-order valence-corrected chi connectivity index (χ0v) is 9.29. The summed E-state index contributed by atoms with van der Waals surface area (Å²) in [5.41, 5.74) is -0.0534. The summed E-state index contributed by atoms with van der Waals surface area (Å²) in [6.07, 6.45) is 1.90. The van der Waals surface area contributed by atoms with E-state index in [2.05, 4.69) is 10.1 Å². The average Bonchev–Trinajstić information content (AvgIpc) is 2.67. The van der Waals surface area contributed by atoms with E-state index in [0.717, 1.165) is 0 Å². The summed E-state index contributed by atoms with van der Waals surface area (Å²) >= 11 is 1.53. The van der Waals surface area contributed by atoms with Crippen LogP contribution >= 0.6 is 11.8 Å². The smallest absolute Gasteiger partial charge is 0.264 e. The number of hydrogen-bond acceptors (Lipinski definition) is 5. The second-order valence-electron chi connectivity index (χ2n) is 3.08. The van der Waals surface area contributed by atoms with Gasteiger partial charge in [-0.05, 0) is 18.4 Å². The summed E-state index contributed by atoms with van der Waals surface area (Å²) in [6, 6.07) is 4.01. The number of nitrogens with zero attached hydrogens (tertiary/aromatic N) is 2. The molecule has 0 spiro atoms. The fourth-order valence-corrected chi connectivity index (χ4v) is 1.64. The van der Waals surface area contributed by atoms with Crippen LogP contribution in [0, 0.1) is 5.82 Å². The second-order valence-corrected chi connectivity index (χ2v) is 3.95. The molecule has 84 valence electrons. The lowest BCUT2D eigenvalue weighted by molar-refractivity contribution is 0.415. The molecule has 1 N–H and O–H groups in total. The number of benzene rings is 1. The van der Waals surface area contributed by atoms with Gasteiger partial charge >= 0.3 is 0 Å². The molecule has 16 heavy (non-hydrogen) atoms. The number of phenolic OH excluding ortho intramolecular Hbond substituents is 1. The molecule has 6 heteroatoms. The standard InChI is InChI=1S/C10H9FN2O2S/c1-16-5-8-12-10(15-13-8)9-6(11)3-2-4-7(9)14/h2-4,14H,5H2,1H3. The van der Waals surface area contributed by atoms with Gasteiger partial charge in [-0.2, -0.15) is 16.7 Å². The first-order valence-electron chi connectivity index (χ1n) is 4.51. The molecule has 0 radical (unpaired) electrons. The first-order chi connectivity index (χ1) is 7.72. The number of aromatic hydroxyl groups is 1. The lowest BCUT2D eigenvalue weighted by atomic mass is 10.2. The maximum Gasteiger partial charge on any atom is 0.264 e. The predicted molar refractivity (Wildman–Crippen MR) is 58.6 cm³/mol. The highest BCUT2D eigenvalue weighted by atomic mass is 32.2. The van der Waals surface area contributed by atoms with Crippen LogP contribution in [0.25, 0.3) is 11.5 Å². The zero-order valence-electron chi connectivity index (χ0n) is 8.48. The first-order valence-corrected chi connectivity index (χ1v) is 5.91. The van der Waals surface area contributed by atoms with Gasteiger partial charge in [0.05, 0.1) is 5.75 Å². The zero-order chi connectivity index (χ0) is 11.5. The fraction of sp³-hybridized carbons (Fsp3) is 0.200. The predicted octanol–water partition coefficient (Wildman–Crippen LogP) is 2.44. The molecule has 0 aliphatic heterocycles. The van der Waals surface area contributed by atoms with E-state index >= 15 is 0 Å². The largest absolute Gasteiger partial charge is 0.507 e. The lowest BCUT2D eigenvalue weighted by Crippen LogP contribution is -1.86. The van der Waals surface area contributed by atoms with E-state index < -0.39 is 5.82 Å². The van der Waals surface area contributed by atoms with Crippen molar-refractivity contribution in [2.24, 2.45) is 0 Å². The van der Waals surface area contributed by atoms with Crippen molar-refractivity contribution in [3.05, 3.63) is 29.8 Å². The Labute approximate surface area is 95.5 Å². The Bertz CT molecular complexity index is 481. The minimum absolute atomic E-state index is 0.000324. The summed E-state index contributed by atoms with van der Waals surface area (Å²) in [7, 11) is 0. The maximum atomic E-state index is 13.4. The van der Waals surface area contributed by atoms with E-state index in [0.29, 0.717) is 11.6 Å².